The fraction of sp³-hybridized carbons (Fsp3) is 0.222. The van der Waals surface area contributed by atoms with E-state index in [1.807, 2.05) is 31.2 Å². The lowest BCUT2D eigenvalue weighted by atomic mass is 10.1. The van der Waals surface area contributed by atoms with Crippen LogP contribution < -0.4 is 10.6 Å². The lowest BCUT2D eigenvalue weighted by Gasteiger charge is -2.13. The van der Waals surface area contributed by atoms with Crippen LogP contribution in [0, 0.1) is 6.92 Å². The Bertz CT molecular complexity index is 687. The first kappa shape index (κ1) is 17.0. The third kappa shape index (κ3) is 5.07. The molecular formula is C18H20N2O2S. The fourth-order valence-electron chi connectivity index (χ4n) is 2.13. The van der Waals surface area contributed by atoms with E-state index in [0.717, 1.165) is 24.2 Å². The summed E-state index contributed by atoms with van der Waals surface area (Å²) in [6.45, 7) is 2.70. The number of carbonyl (C=O) groups excluding carboxylic acids is 1. The zero-order valence-corrected chi connectivity index (χ0v) is 14.1. The van der Waals surface area contributed by atoms with Crippen LogP contribution >= 0.6 is 12.2 Å². The van der Waals surface area contributed by atoms with E-state index in [-0.39, 0.29) is 5.97 Å². The Morgan fingerprint density at radius 2 is 1.91 bits per heavy atom. The number of anilines is 1. The van der Waals surface area contributed by atoms with Gasteiger partial charge in [-0.2, -0.15) is 0 Å². The van der Waals surface area contributed by atoms with E-state index in [0.29, 0.717) is 10.7 Å². The molecule has 0 aliphatic heterocycles. The Hall–Kier alpha value is -2.40. The number of rotatable bonds is 5. The highest BCUT2D eigenvalue weighted by atomic mass is 32.1. The molecule has 0 radical (unpaired) electrons. The van der Waals surface area contributed by atoms with Gasteiger partial charge in [0.2, 0.25) is 0 Å². The summed E-state index contributed by atoms with van der Waals surface area (Å²) in [6.07, 6.45) is 0.893. The van der Waals surface area contributed by atoms with Gasteiger partial charge >= 0.3 is 5.97 Å². The molecule has 0 bridgehead atoms. The molecule has 0 spiro atoms. The van der Waals surface area contributed by atoms with E-state index in [4.69, 9.17) is 17.0 Å². The molecule has 5 heteroatoms. The van der Waals surface area contributed by atoms with Crippen LogP contribution in [0.15, 0.2) is 48.5 Å². The van der Waals surface area contributed by atoms with E-state index in [2.05, 4.69) is 22.8 Å². The van der Waals surface area contributed by atoms with Gasteiger partial charge in [-0.15, -0.1) is 0 Å². The summed E-state index contributed by atoms with van der Waals surface area (Å²) in [4.78, 5) is 11.6. The Labute approximate surface area is 141 Å². The van der Waals surface area contributed by atoms with Gasteiger partial charge in [0.05, 0.1) is 12.7 Å². The van der Waals surface area contributed by atoms with Crippen LogP contribution in [0.4, 0.5) is 5.69 Å². The van der Waals surface area contributed by atoms with Crippen molar-refractivity contribution in [1.82, 2.24) is 5.32 Å². The predicted molar refractivity (Wildman–Crippen MR) is 96.9 cm³/mol. The largest absolute Gasteiger partial charge is 0.465 e. The number of hydrogen-bond donors (Lipinski definition) is 2. The Balaban J connectivity index is 1.91. The van der Waals surface area contributed by atoms with E-state index >= 15 is 0 Å². The molecule has 0 heterocycles. The molecule has 0 saturated carbocycles. The lowest BCUT2D eigenvalue weighted by molar-refractivity contribution is 0.0601. The van der Waals surface area contributed by atoms with Crippen molar-refractivity contribution in [3.05, 3.63) is 65.2 Å². The second-order valence-electron chi connectivity index (χ2n) is 5.14. The molecule has 0 aliphatic rings. The number of benzene rings is 2. The molecule has 23 heavy (non-hydrogen) atoms. The monoisotopic (exact) mass is 328 g/mol. The summed E-state index contributed by atoms with van der Waals surface area (Å²) >= 11 is 5.31. The quantitative estimate of drug-likeness (QED) is 0.651. The van der Waals surface area contributed by atoms with Crippen molar-refractivity contribution < 1.29 is 9.53 Å². The molecule has 0 aromatic heterocycles. The number of aryl methyl sites for hydroxylation is 1. The fourth-order valence-corrected chi connectivity index (χ4v) is 2.35. The van der Waals surface area contributed by atoms with E-state index in [9.17, 15) is 4.79 Å². The van der Waals surface area contributed by atoms with Crippen LogP contribution in [0.2, 0.25) is 0 Å². The first-order chi connectivity index (χ1) is 11.1. The summed E-state index contributed by atoms with van der Waals surface area (Å²) in [5.74, 6) is -0.365. The normalized spacial score (nSPS) is 10.0. The van der Waals surface area contributed by atoms with Gasteiger partial charge < -0.3 is 15.4 Å². The highest BCUT2D eigenvalue weighted by molar-refractivity contribution is 7.80. The van der Waals surface area contributed by atoms with E-state index in [1.54, 1.807) is 12.1 Å². The van der Waals surface area contributed by atoms with Crippen molar-refractivity contribution in [2.45, 2.75) is 13.3 Å². The highest BCUT2D eigenvalue weighted by Gasteiger charge is 2.08. The second kappa shape index (κ2) is 8.29. The maximum Gasteiger partial charge on any atom is 0.337 e. The summed E-state index contributed by atoms with van der Waals surface area (Å²) in [7, 11) is 1.37. The SMILES string of the molecule is COC(=O)c1ccc(C)c(NC(=S)NCCc2ccccc2)c1. The van der Waals surface area contributed by atoms with Crippen LogP contribution in [0.25, 0.3) is 0 Å². The minimum Gasteiger partial charge on any atom is -0.465 e. The van der Waals surface area contributed by atoms with Crippen molar-refractivity contribution in [3.8, 4) is 0 Å². The number of thiocarbonyl (C=S) groups is 1. The van der Waals surface area contributed by atoms with Crippen LogP contribution in [0.3, 0.4) is 0 Å². The van der Waals surface area contributed by atoms with Crippen molar-refractivity contribution in [3.63, 3.8) is 0 Å². The van der Waals surface area contributed by atoms with Gasteiger partial charge in [-0.25, -0.2) is 4.79 Å². The van der Waals surface area contributed by atoms with E-state index < -0.39 is 0 Å². The second-order valence-corrected chi connectivity index (χ2v) is 5.55. The van der Waals surface area contributed by atoms with Crippen LogP contribution in [-0.2, 0) is 11.2 Å². The molecule has 2 N–H and O–H groups in total. The van der Waals surface area contributed by atoms with Gasteiger partial charge in [0.15, 0.2) is 5.11 Å². The molecule has 0 unspecified atom stereocenters. The summed E-state index contributed by atoms with van der Waals surface area (Å²) in [5.41, 5.74) is 3.55. The van der Waals surface area contributed by atoms with E-state index in [1.165, 1.54) is 12.7 Å². The first-order valence-corrected chi connectivity index (χ1v) is 7.78. The molecular weight excluding hydrogens is 308 g/mol. The zero-order valence-electron chi connectivity index (χ0n) is 13.3. The smallest absolute Gasteiger partial charge is 0.337 e. The van der Waals surface area contributed by atoms with Crippen molar-refractivity contribution >= 4 is 29.0 Å². The van der Waals surface area contributed by atoms with Gasteiger partial charge in [0.25, 0.3) is 0 Å². The molecule has 0 atom stereocenters. The summed E-state index contributed by atoms with van der Waals surface area (Å²) in [5, 5.41) is 6.84. The van der Waals surface area contributed by atoms with Crippen LogP contribution in [-0.4, -0.2) is 24.7 Å². The molecule has 120 valence electrons. The standard InChI is InChI=1S/C18H20N2O2S/c1-13-8-9-15(17(21)22-2)12-16(13)20-18(23)19-11-10-14-6-4-3-5-7-14/h3-9,12H,10-11H2,1-2H3,(H2,19,20,23). The third-order valence-corrected chi connectivity index (χ3v) is 3.70. The van der Waals surface area contributed by atoms with Crippen molar-refractivity contribution in [2.24, 2.45) is 0 Å². The van der Waals surface area contributed by atoms with Gasteiger partial charge in [-0.3, -0.25) is 0 Å². The molecule has 0 amide bonds. The number of hydrogen-bond acceptors (Lipinski definition) is 3. The molecule has 2 aromatic carbocycles. The third-order valence-electron chi connectivity index (χ3n) is 3.45. The minimum absolute atomic E-state index is 0.365. The Morgan fingerprint density at radius 1 is 1.17 bits per heavy atom. The van der Waals surface area contributed by atoms with Crippen molar-refractivity contribution in [2.75, 3.05) is 19.0 Å². The average molecular weight is 328 g/mol. The molecule has 2 aromatic rings. The van der Waals surface area contributed by atoms with Crippen LogP contribution in [0.1, 0.15) is 21.5 Å². The maximum absolute atomic E-state index is 11.6. The van der Waals surface area contributed by atoms with Gasteiger partial charge in [0.1, 0.15) is 0 Å². The molecule has 0 fully saturated rings. The number of esters is 1. The first-order valence-electron chi connectivity index (χ1n) is 7.38. The molecule has 0 aliphatic carbocycles. The Morgan fingerprint density at radius 3 is 2.61 bits per heavy atom. The van der Waals surface area contributed by atoms with Gasteiger partial charge in [-0.1, -0.05) is 36.4 Å². The summed E-state index contributed by atoms with van der Waals surface area (Å²) in [6, 6.07) is 15.6. The van der Waals surface area contributed by atoms with Crippen molar-refractivity contribution in [1.29, 1.82) is 0 Å². The number of nitrogens with one attached hydrogen (secondary N) is 2. The van der Waals surface area contributed by atoms with Crippen LogP contribution in [0.5, 0.6) is 0 Å². The lowest BCUT2D eigenvalue weighted by Crippen LogP contribution is -2.30. The highest BCUT2D eigenvalue weighted by Crippen LogP contribution is 2.17. The Kier molecular flexibility index (Phi) is 6.11. The topological polar surface area (TPSA) is 50.4 Å². The number of methoxy groups -OCH3 is 1. The minimum atomic E-state index is -0.365. The number of carbonyl (C=O) groups is 1. The zero-order chi connectivity index (χ0) is 16.7. The number of ether oxygens (including phenoxy) is 1. The maximum atomic E-state index is 11.6. The molecule has 4 nitrogen and oxygen atoms in total. The molecule has 2 rings (SSSR count). The van der Waals surface area contributed by atoms with Gasteiger partial charge in [0, 0.05) is 12.2 Å². The van der Waals surface area contributed by atoms with Gasteiger partial charge in [-0.05, 0) is 48.8 Å². The summed E-state index contributed by atoms with van der Waals surface area (Å²) < 4.78 is 4.73. The molecule has 0 saturated heterocycles. The average Bonchev–Trinajstić information content (AvgIpc) is 2.57. The predicted octanol–water partition coefficient (Wildman–Crippen LogP) is 3.31.